The molecule has 1 atom stereocenters. The molecule has 0 fully saturated rings. The summed E-state index contributed by atoms with van der Waals surface area (Å²) in [6, 6.07) is 13.6. The first-order valence-corrected chi connectivity index (χ1v) is 8.14. The Labute approximate surface area is 124 Å². The summed E-state index contributed by atoms with van der Waals surface area (Å²) in [7, 11) is -3.53. The van der Waals surface area contributed by atoms with Crippen LogP contribution in [0.2, 0.25) is 5.02 Å². The molecule has 0 heterocycles. The lowest BCUT2D eigenvalue weighted by atomic mass is 10.1. The number of nitrogens with two attached hydrogens (primary N) is 1. The van der Waals surface area contributed by atoms with Crippen LogP contribution in [0.15, 0.2) is 53.4 Å². The summed E-state index contributed by atoms with van der Waals surface area (Å²) in [5, 5.41) is -0.242. The van der Waals surface area contributed by atoms with E-state index >= 15 is 0 Å². The van der Waals surface area contributed by atoms with Gasteiger partial charge in [-0.1, -0.05) is 35.9 Å². The molecule has 0 aliphatic rings. The SMILES string of the molecule is Cc1ccccc1[C@@H](CN)S(=O)(=O)c1ccc(Cl)cc1. The second-order valence-corrected chi connectivity index (χ2v) is 7.15. The van der Waals surface area contributed by atoms with Gasteiger partial charge in [-0.2, -0.15) is 0 Å². The minimum atomic E-state index is -3.53. The van der Waals surface area contributed by atoms with E-state index in [0.29, 0.717) is 5.02 Å². The average molecular weight is 310 g/mol. The van der Waals surface area contributed by atoms with E-state index in [2.05, 4.69) is 0 Å². The zero-order valence-corrected chi connectivity index (χ0v) is 12.7. The van der Waals surface area contributed by atoms with Crippen LogP contribution in [-0.4, -0.2) is 15.0 Å². The average Bonchev–Trinajstić information content (AvgIpc) is 2.42. The van der Waals surface area contributed by atoms with Crippen molar-refractivity contribution in [2.75, 3.05) is 6.54 Å². The van der Waals surface area contributed by atoms with Crippen molar-refractivity contribution >= 4 is 21.4 Å². The first kappa shape index (κ1) is 15.0. The van der Waals surface area contributed by atoms with E-state index in [4.69, 9.17) is 17.3 Å². The Balaban J connectivity index is 2.51. The van der Waals surface area contributed by atoms with Gasteiger partial charge in [0.2, 0.25) is 0 Å². The molecule has 0 spiro atoms. The third-order valence-electron chi connectivity index (χ3n) is 3.27. The first-order valence-electron chi connectivity index (χ1n) is 6.22. The molecule has 0 radical (unpaired) electrons. The molecule has 0 bridgehead atoms. The van der Waals surface area contributed by atoms with Gasteiger partial charge in [-0.25, -0.2) is 8.42 Å². The van der Waals surface area contributed by atoms with Crippen LogP contribution in [0.25, 0.3) is 0 Å². The molecule has 3 nitrogen and oxygen atoms in total. The molecule has 0 saturated carbocycles. The van der Waals surface area contributed by atoms with Crippen molar-refractivity contribution in [3.63, 3.8) is 0 Å². The number of rotatable bonds is 4. The van der Waals surface area contributed by atoms with E-state index in [9.17, 15) is 8.42 Å². The number of hydrogen-bond acceptors (Lipinski definition) is 3. The second-order valence-electron chi connectivity index (χ2n) is 4.58. The van der Waals surface area contributed by atoms with Crippen LogP contribution >= 0.6 is 11.6 Å². The van der Waals surface area contributed by atoms with Crippen LogP contribution in [0.3, 0.4) is 0 Å². The Morgan fingerprint density at radius 3 is 2.25 bits per heavy atom. The molecule has 2 rings (SSSR count). The summed E-state index contributed by atoms with van der Waals surface area (Å²) in [6.45, 7) is 1.92. The molecule has 20 heavy (non-hydrogen) atoms. The van der Waals surface area contributed by atoms with Crippen molar-refractivity contribution in [1.29, 1.82) is 0 Å². The van der Waals surface area contributed by atoms with Gasteiger partial charge in [-0.05, 0) is 42.3 Å². The highest BCUT2D eigenvalue weighted by Crippen LogP contribution is 2.30. The Kier molecular flexibility index (Phi) is 4.48. The number of aryl methyl sites for hydroxylation is 1. The van der Waals surface area contributed by atoms with E-state index < -0.39 is 15.1 Å². The molecule has 0 aliphatic carbocycles. The maximum atomic E-state index is 12.7. The van der Waals surface area contributed by atoms with Crippen molar-refractivity contribution in [2.45, 2.75) is 17.1 Å². The highest BCUT2D eigenvalue weighted by atomic mass is 35.5. The minimum Gasteiger partial charge on any atom is -0.329 e. The molecule has 106 valence electrons. The van der Waals surface area contributed by atoms with Gasteiger partial charge in [0.25, 0.3) is 0 Å². The molecule has 0 unspecified atom stereocenters. The lowest BCUT2D eigenvalue weighted by Crippen LogP contribution is -2.23. The van der Waals surface area contributed by atoms with Crippen molar-refractivity contribution in [1.82, 2.24) is 0 Å². The van der Waals surface area contributed by atoms with Crippen LogP contribution in [0, 0.1) is 6.92 Å². The molecule has 2 aromatic rings. The third kappa shape index (κ3) is 2.87. The third-order valence-corrected chi connectivity index (χ3v) is 5.64. The molecule has 0 amide bonds. The Morgan fingerprint density at radius 1 is 1.10 bits per heavy atom. The molecule has 0 aromatic heterocycles. The van der Waals surface area contributed by atoms with Gasteiger partial charge in [-0.3, -0.25) is 0 Å². The molecular formula is C15H16ClNO2S. The van der Waals surface area contributed by atoms with Gasteiger partial charge in [0.05, 0.1) is 4.90 Å². The monoisotopic (exact) mass is 309 g/mol. The van der Waals surface area contributed by atoms with E-state index in [1.54, 1.807) is 18.2 Å². The Hall–Kier alpha value is -1.36. The fourth-order valence-electron chi connectivity index (χ4n) is 2.16. The predicted molar refractivity (Wildman–Crippen MR) is 81.6 cm³/mol. The lowest BCUT2D eigenvalue weighted by molar-refractivity contribution is 0.582. The molecular weight excluding hydrogens is 294 g/mol. The van der Waals surface area contributed by atoms with E-state index in [1.807, 2.05) is 25.1 Å². The van der Waals surface area contributed by atoms with Crippen molar-refractivity contribution < 1.29 is 8.42 Å². The van der Waals surface area contributed by atoms with Crippen LogP contribution in [-0.2, 0) is 9.84 Å². The van der Waals surface area contributed by atoms with Crippen molar-refractivity contribution in [3.8, 4) is 0 Å². The molecule has 0 saturated heterocycles. The van der Waals surface area contributed by atoms with Gasteiger partial charge in [0, 0.05) is 11.6 Å². The number of benzene rings is 2. The first-order chi connectivity index (χ1) is 9.46. The van der Waals surface area contributed by atoms with E-state index in [-0.39, 0.29) is 11.4 Å². The van der Waals surface area contributed by atoms with Gasteiger partial charge < -0.3 is 5.73 Å². The quantitative estimate of drug-likeness (QED) is 0.944. The molecule has 2 aromatic carbocycles. The van der Waals surface area contributed by atoms with Gasteiger partial charge in [0.15, 0.2) is 9.84 Å². The highest BCUT2D eigenvalue weighted by Gasteiger charge is 2.28. The van der Waals surface area contributed by atoms with Gasteiger partial charge >= 0.3 is 0 Å². The van der Waals surface area contributed by atoms with Gasteiger partial charge in [-0.15, -0.1) is 0 Å². The predicted octanol–water partition coefficient (Wildman–Crippen LogP) is 3.12. The highest BCUT2D eigenvalue weighted by molar-refractivity contribution is 7.91. The number of sulfone groups is 1. The maximum Gasteiger partial charge on any atom is 0.186 e. The number of hydrogen-bond donors (Lipinski definition) is 1. The Morgan fingerprint density at radius 2 is 1.70 bits per heavy atom. The zero-order valence-electron chi connectivity index (χ0n) is 11.1. The molecule has 0 aliphatic heterocycles. The summed E-state index contributed by atoms with van der Waals surface area (Å²) >= 11 is 5.80. The van der Waals surface area contributed by atoms with Gasteiger partial charge in [0.1, 0.15) is 5.25 Å². The zero-order chi connectivity index (χ0) is 14.8. The largest absolute Gasteiger partial charge is 0.329 e. The maximum absolute atomic E-state index is 12.7. The standard InChI is InChI=1S/C15H16ClNO2S/c1-11-4-2-3-5-14(11)15(10-17)20(18,19)13-8-6-12(16)7-9-13/h2-9,15H,10,17H2,1H3/t15-/m1/s1. The fraction of sp³-hybridized carbons (Fsp3) is 0.200. The summed E-state index contributed by atoms with van der Waals surface area (Å²) in [5.74, 6) is 0. The summed E-state index contributed by atoms with van der Waals surface area (Å²) in [5.41, 5.74) is 7.38. The van der Waals surface area contributed by atoms with E-state index in [1.165, 1.54) is 12.1 Å². The van der Waals surface area contributed by atoms with Crippen LogP contribution < -0.4 is 5.73 Å². The topological polar surface area (TPSA) is 60.2 Å². The van der Waals surface area contributed by atoms with Crippen molar-refractivity contribution in [3.05, 3.63) is 64.7 Å². The lowest BCUT2D eigenvalue weighted by Gasteiger charge is -2.18. The normalized spacial score (nSPS) is 13.2. The van der Waals surface area contributed by atoms with Crippen LogP contribution in [0.4, 0.5) is 0 Å². The molecule has 2 N–H and O–H groups in total. The van der Waals surface area contributed by atoms with Crippen LogP contribution in [0.5, 0.6) is 0 Å². The summed E-state index contributed by atoms with van der Waals surface area (Å²) < 4.78 is 25.4. The molecule has 5 heteroatoms. The minimum absolute atomic E-state index is 0.0375. The smallest absolute Gasteiger partial charge is 0.186 e. The van der Waals surface area contributed by atoms with E-state index in [0.717, 1.165) is 11.1 Å². The van der Waals surface area contributed by atoms with Crippen molar-refractivity contribution in [2.24, 2.45) is 5.73 Å². The number of halogens is 1. The Bertz CT molecular complexity index is 696. The van der Waals surface area contributed by atoms with Crippen LogP contribution in [0.1, 0.15) is 16.4 Å². The second kappa shape index (κ2) is 5.95. The summed E-state index contributed by atoms with van der Waals surface area (Å²) in [6.07, 6.45) is 0. The fourth-order valence-corrected chi connectivity index (χ4v) is 3.98. The summed E-state index contributed by atoms with van der Waals surface area (Å²) in [4.78, 5) is 0.237.